The highest BCUT2D eigenvalue weighted by atomic mass is 16.5. The Balaban J connectivity index is 1.44. The van der Waals surface area contributed by atoms with E-state index in [0.29, 0.717) is 24.2 Å². The molecule has 4 rings (SSSR count). The largest absolute Gasteiger partial charge is 0.496 e. The van der Waals surface area contributed by atoms with Crippen LogP contribution in [0.2, 0.25) is 0 Å². The van der Waals surface area contributed by atoms with E-state index in [1.54, 1.807) is 49.5 Å². The average Bonchev–Trinajstić information content (AvgIpc) is 3.11. The molecule has 8 heteroatoms. The van der Waals surface area contributed by atoms with Crippen molar-refractivity contribution in [2.75, 3.05) is 25.6 Å². The van der Waals surface area contributed by atoms with Gasteiger partial charge in [-0.2, -0.15) is 0 Å². The summed E-state index contributed by atoms with van der Waals surface area (Å²) >= 11 is 0. The number of hydrogen-bond acceptors (Lipinski definition) is 5. The number of carbonyl (C=O) groups excluding carboxylic acids is 3. The van der Waals surface area contributed by atoms with E-state index in [4.69, 9.17) is 4.74 Å². The normalized spacial score (nSPS) is 20.1. The number of carbonyl (C=O) groups is 3. The molecule has 1 fully saturated rings. The Bertz CT molecular complexity index is 1040. The third kappa shape index (κ3) is 3.84. The number of rotatable bonds is 6. The lowest BCUT2D eigenvalue weighted by atomic mass is 9.99. The van der Waals surface area contributed by atoms with Gasteiger partial charge in [-0.3, -0.25) is 9.59 Å². The minimum Gasteiger partial charge on any atom is -0.496 e. The minimum atomic E-state index is -0.698. The lowest BCUT2D eigenvalue weighted by Crippen LogP contribution is -2.65. The van der Waals surface area contributed by atoms with Crippen molar-refractivity contribution < 1.29 is 19.1 Å². The van der Waals surface area contributed by atoms with Gasteiger partial charge in [-0.1, -0.05) is 36.4 Å². The molecule has 31 heavy (non-hydrogen) atoms. The van der Waals surface area contributed by atoms with Gasteiger partial charge in [-0.05, 0) is 30.2 Å². The van der Waals surface area contributed by atoms with Crippen molar-refractivity contribution in [3.8, 4) is 5.75 Å². The van der Waals surface area contributed by atoms with E-state index in [1.807, 2.05) is 30.3 Å². The van der Waals surface area contributed by atoms with Crippen LogP contribution in [0.25, 0.3) is 0 Å². The molecule has 8 nitrogen and oxygen atoms in total. The van der Waals surface area contributed by atoms with Crippen LogP contribution >= 0.6 is 0 Å². The quantitative estimate of drug-likeness (QED) is 0.742. The van der Waals surface area contributed by atoms with Crippen LogP contribution in [0.15, 0.2) is 66.4 Å². The molecule has 2 atom stereocenters. The van der Waals surface area contributed by atoms with Crippen molar-refractivity contribution >= 4 is 23.5 Å². The highest BCUT2D eigenvalue weighted by Gasteiger charge is 2.49. The zero-order chi connectivity index (χ0) is 22.0. The number of ether oxygens (including phenoxy) is 1. The lowest BCUT2D eigenvalue weighted by Gasteiger charge is -2.37. The molecule has 2 aliphatic heterocycles. The van der Waals surface area contributed by atoms with Gasteiger partial charge in [-0.25, -0.2) is 9.69 Å². The Morgan fingerprint density at radius 3 is 2.55 bits per heavy atom. The molecule has 1 saturated heterocycles. The standard InChI is InChI=1S/C23H24N4O4/c1-26-14-17(21(28)24-13-12-15-8-6-7-11-18(15)31-2)19-20(26)22(29)27(23(30)25-19)16-9-4-3-5-10-16/h3-11,14,19-20H,12-13H2,1-2H3,(H,24,28)(H,25,30). The SMILES string of the molecule is COc1ccccc1CCNC(=O)C1=CN(C)C2C(=O)N(c3ccccc3)C(=O)NC12. The number of amides is 4. The summed E-state index contributed by atoms with van der Waals surface area (Å²) in [4.78, 5) is 41.4. The van der Waals surface area contributed by atoms with Crippen LogP contribution in [0, 0.1) is 0 Å². The summed E-state index contributed by atoms with van der Waals surface area (Å²) in [5.74, 6) is 0.0915. The first kappa shape index (κ1) is 20.5. The molecule has 160 valence electrons. The number of anilines is 1. The van der Waals surface area contributed by atoms with Gasteiger partial charge >= 0.3 is 6.03 Å². The summed E-state index contributed by atoms with van der Waals surface area (Å²) in [6, 6.07) is 14.5. The molecular formula is C23H24N4O4. The Morgan fingerprint density at radius 1 is 1.10 bits per heavy atom. The van der Waals surface area contributed by atoms with Crippen LogP contribution in [0.5, 0.6) is 5.75 Å². The summed E-state index contributed by atoms with van der Waals surface area (Å²) in [5, 5.41) is 5.71. The first-order chi connectivity index (χ1) is 15.0. The summed E-state index contributed by atoms with van der Waals surface area (Å²) in [6.45, 7) is 0.398. The van der Waals surface area contributed by atoms with Gasteiger partial charge in [0.05, 0.1) is 24.4 Å². The number of urea groups is 1. The number of imide groups is 1. The third-order valence-corrected chi connectivity index (χ3v) is 5.54. The molecule has 2 aromatic carbocycles. The summed E-state index contributed by atoms with van der Waals surface area (Å²) < 4.78 is 5.34. The van der Waals surface area contributed by atoms with Gasteiger partial charge in [0.2, 0.25) is 0 Å². The number of nitrogens with zero attached hydrogens (tertiary/aromatic N) is 2. The maximum Gasteiger partial charge on any atom is 0.329 e. The van der Waals surface area contributed by atoms with Gasteiger partial charge < -0.3 is 20.3 Å². The monoisotopic (exact) mass is 420 g/mol. The van der Waals surface area contributed by atoms with Crippen LogP contribution in [0.1, 0.15) is 5.56 Å². The average molecular weight is 420 g/mol. The van der Waals surface area contributed by atoms with E-state index in [0.717, 1.165) is 16.2 Å². The number of benzene rings is 2. The molecule has 0 bridgehead atoms. The second-order valence-electron chi connectivity index (χ2n) is 7.45. The van der Waals surface area contributed by atoms with Gasteiger partial charge in [0.1, 0.15) is 11.8 Å². The predicted molar refractivity (Wildman–Crippen MR) is 116 cm³/mol. The van der Waals surface area contributed by atoms with Crippen molar-refractivity contribution in [2.45, 2.75) is 18.5 Å². The predicted octanol–water partition coefficient (Wildman–Crippen LogP) is 1.68. The van der Waals surface area contributed by atoms with Crippen molar-refractivity contribution in [3.05, 3.63) is 71.9 Å². The minimum absolute atomic E-state index is 0.310. The molecule has 0 aliphatic carbocycles. The zero-order valence-electron chi connectivity index (χ0n) is 17.4. The van der Waals surface area contributed by atoms with Crippen molar-refractivity contribution in [1.82, 2.24) is 15.5 Å². The number of hydrogen-bond donors (Lipinski definition) is 2. The van der Waals surface area contributed by atoms with Gasteiger partial charge in [0.15, 0.2) is 0 Å². The van der Waals surface area contributed by atoms with Gasteiger partial charge in [0, 0.05) is 19.8 Å². The smallest absolute Gasteiger partial charge is 0.329 e. The van der Waals surface area contributed by atoms with E-state index in [9.17, 15) is 14.4 Å². The van der Waals surface area contributed by atoms with E-state index in [-0.39, 0.29) is 11.8 Å². The third-order valence-electron chi connectivity index (χ3n) is 5.54. The fourth-order valence-electron chi connectivity index (χ4n) is 4.03. The van der Waals surface area contributed by atoms with Crippen molar-refractivity contribution in [1.29, 1.82) is 0 Å². The molecule has 2 N–H and O–H groups in total. The lowest BCUT2D eigenvalue weighted by molar-refractivity contribution is -0.122. The van der Waals surface area contributed by atoms with Crippen molar-refractivity contribution in [3.63, 3.8) is 0 Å². The topological polar surface area (TPSA) is 91.0 Å². The molecule has 0 aromatic heterocycles. The second kappa shape index (κ2) is 8.51. The summed E-state index contributed by atoms with van der Waals surface area (Å²) in [7, 11) is 3.34. The van der Waals surface area contributed by atoms with Crippen LogP contribution in [-0.2, 0) is 16.0 Å². The van der Waals surface area contributed by atoms with Crippen LogP contribution in [-0.4, -0.2) is 55.5 Å². The highest BCUT2D eigenvalue weighted by Crippen LogP contribution is 2.29. The number of fused-ring (bicyclic) bond motifs is 1. The van der Waals surface area contributed by atoms with E-state index in [1.165, 1.54) is 0 Å². The van der Waals surface area contributed by atoms with Crippen LogP contribution in [0.4, 0.5) is 10.5 Å². The Labute approximate surface area is 180 Å². The van der Waals surface area contributed by atoms with Crippen LogP contribution in [0.3, 0.4) is 0 Å². The Kier molecular flexibility index (Phi) is 5.62. The fraction of sp³-hybridized carbons (Fsp3) is 0.261. The van der Waals surface area contributed by atoms with E-state index >= 15 is 0 Å². The van der Waals surface area contributed by atoms with Crippen molar-refractivity contribution in [2.24, 2.45) is 0 Å². The zero-order valence-corrected chi connectivity index (χ0v) is 17.4. The highest BCUT2D eigenvalue weighted by molar-refractivity contribution is 6.19. The fourth-order valence-corrected chi connectivity index (χ4v) is 4.03. The summed E-state index contributed by atoms with van der Waals surface area (Å²) in [5.41, 5.74) is 1.84. The van der Waals surface area contributed by atoms with Crippen LogP contribution < -0.4 is 20.3 Å². The molecular weight excluding hydrogens is 396 g/mol. The molecule has 2 aromatic rings. The molecule has 2 heterocycles. The first-order valence-corrected chi connectivity index (χ1v) is 10.0. The maximum atomic E-state index is 13.1. The van der Waals surface area contributed by atoms with Gasteiger partial charge in [0.25, 0.3) is 11.8 Å². The number of para-hydroxylation sites is 2. The number of methoxy groups -OCH3 is 1. The molecule has 0 saturated carbocycles. The number of likely N-dealkylation sites (N-methyl/N-ethyl adjacent to an activating group) is 1. The number of nitrogens with one attached hydrogen (secondary N) is 2. The molecule has 2 aliphatic rings. The summed E-state index contributed by atoms with van der Waals surface area (Å²) in [6.07, 6.45) is 2.22. The molecule has 4 amide bonds. The molecule has 0 radical (unpaired) electrons. The second-order valence-corrected chi connectivity index (χ2v) is 7.45. The first-order valence-electron chi connectivity index (χ1n) is 10.0. The van der Waals surface area contributed by atoms with Gasteiger partial charge in [-0.15, -0.1) is 0 Å². The Morgan fingerprint density at radius 2 is 1.81 bits per heavy atom. The molecule has 2 unspecified atom stereocenters. The maximum absolute atomic E-state index is 13.1. The Hall–Kier alpha value is -3.81. The van der Waals surface area contributed by atoms with E-state index < -0.39 is 18.1 Å². The molecule has 0 spiro atoms. The van der Waals surface area contributed by atoms with E-state index in [2.05, 4.69) is 10.6 Å².